The van der Waals surface area contributed by atoms with Gasteiger partial charge in [0.25, 0.3) is 0 Å². The Bertz CT molecular complexity index is 485. The number of aliphatic hydroxyl groups is 1. The minimum Gasteiger partial charge on any atom is -0.372 e. The molecule has 80 valence electrons. The van der Waals surface area contributed by atoms with E-state index in [-0.39, 0.29) is 0 Å². The molecule has 1 atom stereocenters. The molecule has 0 radical (unpaired) electrons. The molecule has 1 N–H and O–H groups in total. The molecule has 1 aliphatic rings. The number of nitriles is 1. The van der Waals surface area contributed by atoms with Crippen molar-refractivity contribution in [2.24, 2.45) is 5.41 Å². The highest BCUT2D eigenvalue weighted by Gasteiger charge is 2.60. The molecule has 2 heteroatoms. The summed E-state index contributed by atoms with van der Waals surface area (Å²) in [5, 5.41) is 19.6. The highest BCUT2D eigenvalue weighted by molar-refractivity contribution is 5.41. The SMILES string of the molecule is C#C[C@](O)(c1ccc(C)cc1)C1(C#N)CC1. The van der Waals surface area contributed by atoms with Gasteiger partial charge in [0.05, 0.1) is 6.07 Å². The van der Waals surface area contributed by atoms with Crippen molar-refractivity contribution in [3.8, 4) is 18.4 Å². The summed E-state index contributed by atoms with van der Waals surface area (Å²) in [6, 6.07) is 9.55. The zero-order valence-corrected chi connectivity index (χ0v) is 9.20. The van der Waals surface area contributed by atoms with Crippen LogP contribution in [-0.4, -0.2) is 5.11 Å². The van der Waals surface area contributed by atoms with Crippen LogP contribution in [0.3, 0.4) is 0 Å². The number of nitrogens with zero attached hydrogens (tertiary/aromatic N) is 1. The average Bonchev–Trinajstić information content (AvgIpc) is 3.10. The molecular weight excluding hydrogens is 198 g/mol. The Morgan fingerprint density at radius 2 is 1.94 bits per heavy atom. The highest BCUT2D eigenvalue weighted by atomic mass is 16.3. The number of rotatable bonds is 2. The third kappa shape index (κ3) is 1.32. The summed E-state index contributed by atoms with van der Waals surface area (Å²) in [4.78, 5) is 0. The zero-order chi connectivity index (χ0) is 11.8. The lowest BCUT2D eigenvalue weighted by atomic mass is 9.80. The molecule has 0 bridgehead atoms. The average molecular weight is 211 g/mol. The van der Waals surface area contributed by atoms with E-state index in [9.17, 15) is 5.11 Å². The van der Waals surface area contributed by atoms with Gasteiger partial charge >= 0.3 is 0 Å². The fraction of sp³-hybridized carbons (Fsp3) is 0.357. The predicted octanol–water partition coefficient (Wildman–Crippen LogP) is 2.12. The second kappa shape index (κ2) is 3.37. The van der Waals surface area contributed by atoms with Gasteiger partial charge in [0.15, 0.2) is 5.60 Å². The number of hydrogen-bond donors (Lipinski definition) is 1. The Hall–Kier alpha value is -1.77. The first-order valence-corrected chi connectivity index (χ1v) is 5.26. The Morgan fingerprint density at radius 3 is 2.31 bits per heavy atom. The molecule has 1 aliphatic carbocycles. The van der Waals surface area contributed by atoms with Crippen LogP contribution in [0.5, 0.6) is 0 Å². The molecule has 0 spiro atoms. The van der Waals surface area contributed by atoms with Gasteiger partial charge in [0, 0.05) is 0 Å². The summed E-state index contributed by atoms with van der Waals surface area (Å²) in [6.45, 7) is 1.97. The number of terminal acetylenes is 1. The van der Waals surface area contributed by atoms with Crippen LogP contribution in [0.25, 0.3) is 0 Å². The smallest absolute Gasteiger partial charge is 0.169 e. The van der Waals surface area contributed by atoms with Crippen molar-refractivity contribution in [3.05, 3.63) is 35.4 Å². The summed E-state index contributed by atoms with van der Waals surface area (Å²) in [6.07, 6.45) is 6.76. The van der Waals surface area contributed by atoms with E-state index in [0.717, 1.165) is 5.56 Å². The van der Waals surface area contributed by atoms with Crippen LogP contribution in [0, 0.1) is 36.0 Å². The summed E-state index contributed by atoms with van der Waals surface area (Å²) in [5.41, 5.74) is -0.489. The van der Waals surface area contributed by atoms with E-state index < -0.39 is 11.0 Å². The highest BCUT2D eigenvalue weighted by Crippen LogP contribution is 2.57. The van der Waals surface area contributed by atoms with Crippen molar-refractivity contribution in [2.45, 2.75) is 25.4 Å². The molecular formula is C14H13NO. The van der Waals surface area contributed by atoms with E-state index in [4.69, 9.17) is 11.7 Å². The van der Waals surface area contributed by atoms with Gasteiger partial charge in [-0.05, 0) is 25.3 Å². The van der Waals surface area contributed by atoms with Crippen LogP contribution in [0.15, 0.2) is 24.3 Å². The van der Waals surface area contributed by atoms with Crippen LogP contribution in [0.1, 0.15) is 24.0 Å². The summed E-state index contributed by atoms with van der Waals surface area (Å²) >= 11 is 0. The second-order valence-electron chi connectivity index (χ2n) is 4.41. The van der Waals surface area contributed by atoms with Gasteiger partial charge in [-0.1, -0.05) is 35.7 Å². The minimum absolute atomic E-state index is 0.639. The quantitative estimate of drug-likeness (QED) is 0.761. The maximum absolute atomic E-state index is 10.5. The third-order valence-corrected chi connectivity index (χ3v) is 3.33. The molecule has 1 aromatic rings. The van der Waals surface area contributed by atoms with E-state index in [1.165, 1.54) is 0 Å². The molecule has 16 heavy (non-hydrogen) atoms. The molecule has 1 aromatic carbocycles. The Balaban J connectivity index is 2.48. The predicted molar refractivity (Wildman–Crippen MR) is 61.2 cm³/mol. The zero-order valence-electron chi connectivity index (χ0n) is 9.20. The number of benzene rings is 1. The monoisotopic (exact) mass is 211 g/mol. The van der Waals surface area contributed by atoms with Crippen molar-refractivity contribution in [1.82, 2.24) is 0 Å². The molecule has 1 saturated carbocycles. The molecule has 2 nitrogen and oxygen atoms in total. The van der Waals surface area contributed by atoms with E-state index in [1.54, 1.807) is 12.1 Å². The van der Waals surface area contributed by atoms with Gasteiger partial charge in [-0.3, -0.25) is 0 Å². The summed E-state index contributed by atoms with van der Waals surface area (Å²) < 4.78 is 0. The van der Waals surface area contributed by atoms with Crippen molar-refractivity contribution in [3.63, 3.8) is 0 Å². The van der Waals surface area contributed by atoms with Gasteiger partial charge in [-0.25, -0.2) is 0 Å². The van der Waals surface area contributed by atoms with Gasteiger partial charge in [0.2, 0.25) is 0 Å². The Morgan fingerprint density at radius 1 is 1.38 bits per heavy atom. The van der Waals surface area contributed by atoms with Gasteiger partial charge < -0.3 is 5.11 Å². The fourth-order valence-corrected chi connectivity index (χ4v) is 1.97. The lowest BCUT2D eigenvalue weighted by Gasteiger charge is -2.27. The lowest BCUT2D eigenvalue weighted by Crippen LogP contribution is -2.34. The third-order valence-electron chi connectivity index (χ3n) is 3.33. The first-order chi connectivity index (χ1) is 7.58. The minimum atomic E-state index is -1.45. The molecule has 1 fully saturated rings. The van der Waals surface area contributed by atoms with Gasteiger partial charge in [-0.15, -0.1) is 6.42 Å². The number of aryl methyl sites for hydroxylation is 1. The standard InChI is InChI=1S/C14H13NO/c1-3-14(16,13(10-15)8-9-13)12-6-4-11(2)5-7-12/h1,4-7,16H,8-9H2,2H3/t14-/m0/s1. The first-order valence-electron chi connectivity index (χ1n) is 5.26. The van der Waals surface area contributed by atoms with Crippen LogP contribution >= 0.6 is 0 Å². The van der Waals surface area contributed by atoms with Crippen LogP contribution < -0.4 is 0 Å². The van der Waals surface area contributed by atoms with Crippen LogP contribution in [-0.2, 0) is 5.60 Å². The molecule has 0 saturated heterocycles. The van der Waals surface area contributed by atoms with E-state index in [1.807, 2.05) is 19.1 Å². The Labute approximate surface area is 95.5 Å². The van der Waals surface area contributed by atoms with Crippen molar-refractivity contribution >= 4 is 0 Å². The molecule has 0 amide bonds. The summed E-state index contributed by atoms with van der Waals surface area (Å²) in [5.74, 6) is 2.40. The molecule has 0 unspecified atom stereocenters. The molecule has 0 heterocycles. The number of hydrogen-bond acceptors (Lipinski definition) is 2. The van der Waals surface area contributed by atoms with Crippen LogP contribution in [0.2, 0.25) is 0 Å². The second-order valence-corrected chi connectivity index (χ2v) is 4.41. The van der Waals surface area contributed by atoms with Gasteiger partial charge in [0.1, 0.15) is 5.41 Å². The van der Waals surface area contributed by atoms with Crippen LogP contribution in [0.4, 0.5) is 0 Å². The molecule has 2 rings (SSSR count). The maximum Gasteiger partial charge on any atom is 0.169 e. The first kappa shape index (κ1) is 10.7. The van der Waals surface area contributed by atoms with E-state index >= 15 is 0 Å². The van der Waals surface area contributed by atoms with Gasteiger partial charge in [-0.2, -0.15) is 5.26 Å². The van der Waals surface area contributed by atoms with E-state index in [2.05, 4.69) is 12.0 Å². The Kier molecular flexibility index (Phi) is 2.26. The molecule has 0 aromatic heterocycles. The van der Waals surface area contributed by atoms with Crippen molar-refractivity contribution in [2.75, 3.05) is 0 Å². The molecule has 0 aliphatic heterocycles. The fourth-order valence-electron chi connectivity index (χ4n) is 1.97. The largest absolute Gasteiger partial charge is 0.372 e. The maximum atomic E-state index is 10.5. The van der Waals surface area contributed by atoms with Crippen molar-refractivity contribution in [1.29, 1.82) is 5.26 Å². The topological polar surface area (TPSA) is 44.0 Å². The normalized spacial score (nSPS) is 20.2. The summed E-state index contributed by atoms with van der Waals surface area (Å²) in [7, 11) is 0. The lowest BCUT2D eigenvalue weighted by molar-refractivity contribution is 0.0458. The van der Waals surface area contributed by atoms with Crippen molar-refractivity contribution < 1.29 is 5.11 Å². The van der Waals surface area contributed by atoms with E-state index in [0.29, 0.717) is 18.4 Å².